The zero-order valence-corrected chi connectivity index (χ0v) is 12.9. The lowest BCUT2D eigenvalue weighted by atomic mass is 10.1. The molecule has 0 aliphatic heterocycles. The Morgan fingerprint density at radius 2 is 2.14 bits per heavy atom. The molecule has 6 heteroatoms. The highest BCUT2D eigenvalue weighted by Crippen LogP contribution is 2.33. The van der Waals surface area contributed by atoms with Crippen LogP contribution >= 0.6 is 11.3 Å². The van der Waals surface area contributed by atoms with E-state index in [-0.39, 0.29) is 11.8 Å². The minimum absolute atomic E-state index is 0.0554. The summed E-state index contributed by atoms with van der Waals surface area (Å²) in [6, 6.07) is 4.66. The highest BCUT2D eigenvalue weighted by atomic mass is 32.1. The number of nitrogens with one attached hydrogen (secondary N) is 1. The van der Waals surface area contributed by atoms with Crippen molar-refractivity contribution < 1.29 is 14.7 Å². The second kappa shape index (κ2) is 5.88. The monoisotopic (exact) mass is 316 g/mol. The van der Waals surface area contributed by atoms with E-state index in [0.29, 0.717) is 11.3 Å². The highest BCUT2D eigenvalue weighted by molar-refractivity contribution is 7.08. The molecule has 0 aromatic carbocycles. The molecule has 2 heterocycles. The van der Waals surface area contributed by atoms with Gasteiger partial charge in [0.15, 0.2) is 0 Å². The number of aryl methyl sites for hydroxylation is 1. The first-order valence-electron chi connectivity index (χ1n) is 7.10. The molecule has 0 radical (unpaired) electrons. The summed E-state index contributed by atoms with van der Waals surface area (Å²) in [7, 11) is 0. The Kier molecular flexibility index (Phi) is 3.94. The van der Waals surface area contributed by atoms with Crippen molar-refractivity contribution in [2.75, 3.05) is 0 Å². The molecule has 5 nitrogen and oxygen atoms in total. The van der Waals surface area contributed by atoms with Crippen LogP contribution in [-0.2, 0) is 4.79 Å². The molecule has 114 valence electrons. The van der Waals surface area contributed by atoms with E-state index in [0.717, 1.165) is 24.1 Å². The van der Waals surface area contributed by atoms with Crippen LogP contribution in [0.3, 0.4) is 0 Å². The first-order chi connectivity index (χ1) is 10.6. The van der Waals surface area contributed by atoms with Crippen molar-refractivity contribution in [1.82, 2.24) is 10.3 Å². The number of amides is 1. The predicted molar refractivity (Wildman–Crippen MR) is 83.9 cm³/mol. The Balaban J connectivity index is 1.79. The van der Waals surface area contributed by atoms with Gasteiger partial charge in [0.1, 0.15) is 6.04 Å². The van der Waals surface area contributed by atoms with Crippen LogP contribution in [0.5, 0.6) is 0 Å². The summed E-state index contributed by atoms with van der Waals surface area (Å²) in [5.41, 5.74) is 2.85. The average molecular weight is 316 g/mol. The number of thiophene rings is 1. The summed E-state index contributed by atoms with van der Waals surface area (Å²) < 4.78 is 0. The first-order valence-corrected chi connectivity index (χ1v) is 8.04. The van der Waals surface area contributed by atoms with Crippen LogP contribution in [0.25, 0.3) is 11.3 Å². The summed E-state index contributed by atoms with van der Waals surface area (Å²) in [4.78, 5) is 28.0. The zero-order valence-electron chi connectivity index (χ0n) is 12.1. The normalized spacial score (nSPS) is 15.3. The molecular weight excluding hydrogens is 300 g/mol. The summed E-state index contributed by atoms with van der Waals surface area (Å²) in [6.45, 7) is 1.76. The number of carbonyl (C=O) groups excluding carboxylic acids is 1. The number of rotatable bonds is 5. The maximum atomic E-state index is 12.3. The third kappa shape index (κ3) is 3.01. The zero-order chi connectivity index (χ0) is 15.7. The van der Waals surface area contributed by atoms with Gasteiger partial charge in [-0.15, -0.1) is 0 Å². The van der Waals surface area contributed by atoms with E-state index >= 15 is 0 Å². The Hall–Kier alpha value is -2.21. The number of carbonyl (C=O) groups is 2. The molecule has 1 fully saturated rings. The maximum Gasteiger partial charge on any atom is 0.326 e. The third-order valence-electron chi connectivity index (χ3n) is 3.79. The topological polar surface area (TPSA) is 79.3 Å². The molecule has 1 aliphatic carbocycles. The van der Waals surface area contributed by atoms with Crippen molar-refractivity contribution in [3.05, 3.63) is 40.2 Å². The summed E-state index contributed by atoms with van der Waals surface area (Å²) >= 11 is 1.59. The SMILES string of the molecule is Cc1nc(-c2ccsc2)ccc1C(=O)NC(C(=O)O)C1CC1. The first kappa shape index (κ1) is 14.7. The standard InChI is InChI=1S/C16H16N2O3S/c1-9-12(4-5-13(17-9)11-6-7-22-8-11)15(19)18-14(16(20)21)10-2-3-10/h4-8,10,14H,2-3H2,1H3,(H,18,19)(H,20,21). The van der Waals surface area contributed by atoms with Gasteiger partial charge in [0.05, 0.1) is 17.0 Å². The van der Waals surface area contributed by atoms with Gasteiger partial charge in [0, 0.05) is 10.9 Å². The summed E-state index contributed by atoms with van der Waals surface area (Å²) in [5.74, 6) is -1.29. The van der Waals surface area contributed by atoms with Gasteiger partial charge in [-0.05, 0) is 49.3 Å². The van der Waals surface area contributed by atoms with Crippen LogP contribution < -0.4 is 5.32 Å². The number of hydrogen-bond acceptors (Lipinski definition) is 4. The number of aromatic nitrogens is 1. The molecule has 1 atom stereocenters. The van der Waals surface area contributed by atoms with E-state index in [4.69, 9.17) is 0 Å². The van der Waals surface area contributed by atoms with Gasteiger partial charge in [-0.2, -0.15) is 11.3 Å². The molecule has 1 amide bonds. The van der Waals surface area contributed by atoms with Crippen LogP contribution in [0.15, 0.2) is 29.0 Å². The second-order valence-corrected chi connectivity index (χ2v) is 6.25. The largest absolute Gasteiger partial charge is 0.480 e. The van der Waals surface area contributed by atoms with Gasteiger partial charge in [-0.1, -0.05) is 0 Å². The van der Waals surface area contributed by atoms with E-state index in [2.05, 4.69) is 10.3 Å². The Bertz CT molecular complexity index is 708. The lowest BCUT2D eigenvalue weighted by molar-refractivity contribution is -0.139. The molecule has 2 N–H and O–H groups in total. The van der Waals surface area contributed by atoms with Crippen molar-refractivity contribution in [3.63, 3.8) is 0 Å². The van der Waals surface area contributed by atoms with Crippen LogP contribution in [0, 0.1) is 12.8 Å². The molecule has 0 bridgehead atoms. The fourth-order valence-corrected chi connectivity index (χ4v) is 3.05. The fourth-order valence-electron chi connectivity index (χ4n) is 2.40. The minimum atomic E-state index is -0.976. The van der Waals surface area contributed by atoms with E-state index in [1.165, 1.54) is 0 Å². The molecule has 1 aliphatic rings. The molecule has 0 saturated heterocycles. The smallest absolute Gasteiger partial charge is 0.326 e. The maximum absolute atomic E-state index is 12.3. The number of aliphatic carboxylic acids is 1. The number of hydrogen-bond donors (Lipinski definition) is 2. The third-order valence-corrected chi connectivity index (χ3v) is 4.48. The van der Waals surface area contributed by atoms with Gasteiger partial charge in [0.25, 0.3) is 5.91 Å². The Morgan fingerprint density at radius 1 is 1.36 bits per heavy atom. The molecule has 0 spiro atoms. The van der Waals surface area contributed by atoms with Crippen LogP contribution in [0.1, 0.15) is 28.9 Å². The summed E-state index contributed by atoms with van der Waals surface area (Å²) in [5, 5.41) is 15.8. The van der Waals surface area contributed by atoms with E-state index < -0.39 is 12.0 Å². The van der Waals surface area contributed by atoms with Crippen molar-refractivity contribution in [2.24, 2.45) is 5.92 Å². The van der Waals surface area contributed by atoms with Gasteiger partial charge in [-0.25, -0.2) is 4.79 Å². The number of pyridine rings is 1. The van der Waals surface area contributed by atoms with Crippen LogP contribution in [0.4, 0.5) is 0 Å². The highest BCUT2D eigenvalue weighted by Gasteiger charge is 2.37. The van der Waals surface area contributed by atoms with Crippen molar-refractivity contribution in [3.8, 4) is 11.3 Å². The van der Waals surface area contributed by atoms with E-state index in [1.54, 1.807) is 30.4 Å². The number of carboxylic acids is 1. The molecule has 2 aromatic rings. The quantitative estimate of drug-likeness (QED) is 0.889. The average Bonchev–Trinajstić information content (AvgIpc) is 3.17. The van der Waals surface area contributed by atoms with Gasteiger partial charge in [0.2, 0.25) is 0 Å². The van der Waals surface area contributed by atoms with Crippen molar-refractivity contribution >= 4 is 23.2 Å². The molecule has 2 aromatic heterocycles. The van der Waals surface area contributed by atoms with Crippen LogP contribution in [0.2, 0.25) is 0 Å². The second-order valence-electron chi connectivity index (χ2n) is 5.47. The fraction of sp³-hybridized carbons (Fsp3) is 0.312. The molecule has 3 rings (SSSR count). The predicted octanol–water partition coefficient (Wildman–Crippen LogP) is 2.71. The van der Waals surface area contributed by atoms with E-state index in [9.17, 15) is 14.7 Å². The Morgan fingerprint density at radius 3 is 2.68 bits per heavy atom. The van der Waals surface area contributed by atoms with Gasteiger partial charge in [-0.3, -0.25) is 9.78 Å². The molecular formula is C16H16N2O3S. The van der Waals surface area contributed by atoms with Crippen molar-refractivity contribution in [1.29, 1.82) is 0 Å². The van der Waals surface area contributed by atoms with Gasteiger partial charge >= 0.3 is 5.97 Å². The lowest BCUT2D eigenvalue weighted by Gasteiger charge is -2.14. The molecule has 22 heavy (non-hydrogen) atoms. The minimum Gasteiger partial charge on any atom is -0.480 e. The number of carboxylic acid groups (broad SMARTS) is 1. The van der Waals surface area contributed by atoms with Gasteiger partial charge < -0.3 is 10.4 Å². The lowest BCUT2D eigenvalue weighted by Crippen LogP contribution is -2.42. The molecule has 1 unspecified atom stereocenters. The summed E-state index contributed by atoms with van der Waals surface area (Å²) in [6.07, 6.45) is 1.71. The molecule has 1 saturated carbocycles. The van der Waals surface area contributed by atoms with E-state index in [1.807, 2.05) is 16.8 Å². The van der Waals surface area contributed by atoms with Crippen LogP contribution in [-0.4, -0.2) is 28.0 Å². The van der Waals surface area contributed by atoms with Crippen molar-refractivity contribution in [2.45, 2.75) is 25.8 Å². The number of nitrogens with zero attached hydrogens (tertiary/aromatic N) is 1. The Labute approximate surface area is 132 Å².